The van der Waals surface area contributed by atoms with Crippen molar-refractivity contribution in [3.8, 4) is 0 Å². The molecular weight excluding hydrogens is 776 g/mol. The Morgan fingerprint density at radius 2 is 0.607 bits per heavy atom. The normalized spacial score (nSPS) is 53.2. The van der Waals surface area contributed by atoms with Crippen LogP contribution < -0.4 is 0 Å². The fourth-order valence-electron chi connectivity index (χ4n) is 6.98. The molecule has 5 heterocycles. The molecule has 26 nitrogen and oxygen atoms in total. The average Bonchev–Trinajstić information content (AvgIpc) is 3.19. The van der Waals surface area contributed by atoms with Gasteiger partial charge in [-0.05, 0) is 0 Å². The second kappa shape index (κ2) is 19.6. The van der Waals surface area contributed by atoms with Crippen molar-refractivity contribution >= 4 is 0 Å². The minimum absolute atomic E-state index is 0.884. The van der Waals surface area contributed by atoms with Gasteiger partial charge in [-0.2, -0.15) is 0 Å². The number of aliphatic hydroxyl groups excluding tert-OH is 17. The summed E-state index contributed by atoms with van der Waals surface area (Å²) in [6, 6.07) is 0. The first kappa shape index (κ1) is 46.0. The third-order valence-electron chi connectivity index (χ3n) is 10.3. The number of hydrogen-bond acceptors (Lipinski definition) is 26. The van der Waals surface area contributed by atoms with Crippen molar-refractivity contribution in [3.05, 3.63) is 0 Å². The van der Waals surface area contributed by atoms with Crippen molar-refractivity contribution in [2.75, 3.05) is 33.0 Å². The maximum Gasteiger partial charge on any atom is 0.187 e. The number of rotatable bonds is 13. The summed E-state index contributed by atoms with van der Waals surface area (Å²) in [5.74, 6) is 0. The third kappa shape index (κ3) is 9.16. The molecule has 0 aromatic heterocycles. The van der Waals surface area contributed by atoms with E-state index < -0.39 is 187 Å². The molecule has 5 aliphatic heterocycles. The van der Waals surface area contributed by atoms with Crippen molar-refractivity contribution in [2.45, 2.75) is 154 Å². The Hall–Kier alpha value is -1.04. The molecule has 5 saturated heterocycles. The van der Waals surface area contributed by atoms with Gasteiger partial charge in [-0.25, -0.2) is 0 Å². The van der Waals surface area contributed by atoms with Crippen LogP contribution in [0.2, 0.25) is 0 Å². The van der Waals surface area contributed by atoms with Crippen LogP contribution in [-0.4, -0.2) is 273 Å². The van der Waals surface area contributed by atoms with Gasteiger partial charge in [0, 0.05) is 0 Å². The summed E-state index contributed by atoms with van der Waals surface area (Å²) >= 11 is 0. The molecule has 0 amide bonds. The molecule has 56 heavy (non-hydrogen) atoms. The molecule has 0 aliphatic carbocycles. The molecule has 0 bridgehead atoms. The molecule has 0 unspecified atom stereocenters. The predicted molar refractivity (Wildman–Crippen MR) is 167 cm³/mol. The molecule has 0 aromatic carbocycles. The smallest absolute Gasteiger partial charge is 0.187 e. The fraction of sp³-hybridized carbons (Fsp3) is 1.00. The molecule has 5 rings (SSSR count). The minimum atomic E-state index is -2.21. The molecule has 26 heteroatoms. The Bertz CT molecular complexity index is 1200. The van der Waals surface area contributed by atoms with E-state index in [1.165, 1.54) is 0 Å². The maximum absolute atomic E-state index is 11.9. The van der Waals surface area contributed by atoms with E-state index in [1.54, 1.807) is 0 Å². The van der Waals surface area contributed by atoms with Crippen molar-refractivity contribution < 1.29 is 129 Å². The molecule has 328 valence electrons. The van der Waals surface area contributed by atoms with Gasteiger partial charge in [-0.15, -0.1) is 0 Å². The van der Waals surface area contributed by atoms with Gasteiger partial charge in [-0.1, -0.05) is 0 Å². The maximum atomic E-state index is 11.9. The Labute approximate surface area is 316 Å². The van der Waals surface area contributed by atoms with E-state index in [1.807, 2.05) is 0 Å². The topological polar surface area (TPSA) is 427 Å². The molecule has 0 radical (unpaired) electrons. The molecule has 5 fully saturated rings. The second-order valence-electron chi connectivity index (χ2n) is 13.9. The van der Waals surface area contributed by atoms with E-state index in [0.29, 0.717) is 0 Å². The standard InChI is InChI=1S/C30H52O26/c31-1-6-11(36)15(40)18(43)27(49-6)53-22-10(5-35)52-30(54-23-14(39)9(4-34)48-26(47)21(23)46)25(20(22)45)56-29-24(17(42)13(38)8(3-33)51-29)55-28-19(44)16(41)12(37)7(2-32)50-28/h6-47H,1-5H2/t6-,7-,8-,9-,10-,11+,12+,13+,14-,15+,16+,17+,18-,19-,20+,21-,22-,23+,24-,25-,26-,27+,28-,29-,30-/m1/s1. The summed E-state index contributed by atoms with van der Waals surface area (Å²) in [7, 11) is 0. The highest BCUT2D eigenvalue weighted by Crippen LogP contribution is 2.37. The summed E-state index contributed by atoms with van der Waals surface area (Å²) in [5, 5.41) is 177. The van der Waals surface area contributed by atoms with Gasteiger partial charge in [0.1, 0.15) is 122 Å². The van der Waals surface area contributed by atoms with E-state index in [2.05, 4.69) is 0 Å². The molecular formula is C30H52O26. The summed E-state index contributed by atoms with van der Waals surface area (Å²) in [5.41, 5.74) is 0. The van der Waals surface area contributed by atoms with Crippen LogP contribution in [0.5, 0.6) is 0 Å². The molecule has 0 aromatic rings. The quantitative estimate of drug-likeness (QED) is 0.0819. The lowest BCUT2D eigenvalue weighted by atomic mass is 9.95. The fourth-order valence-corrected chi connectivity index (χ4v) is 6.98. The van der Waals surface area contributed by atoms with E-state index in [4.69, 9.17) is 42.6 Å². The van der Waals surface area contributed by atoms with Gasteiger partial charge in [0.05, 0.1) is 33.0 Å². The summed E-state index contributed by atoms with van der Waals surface area (Å²) in [6.45, 7) is -4.70. The zero-order valence-electron chi connectivity index (χ0n) is 29.2. The van der Waals surface area contributed by atoms with Gasteiger partial charge in [-0.3, -0.25) is 0 Å². The van der Waals surface area contributed by atoms with E-state index >= 15 is 0 Å². The van der Waals surface area contributed by atoms with Crippen LogP contribution in [0.15, 0.2) is 0 Å². The van der Waals surface area contributed by atoms with Gasteiger partial charge in [0.25, 0.3) is 0 Å². The molecule has 17 N–H and O–H groups in total. The summed E-state index contributed by atoms with van der Waals surface area (Å²) in [4.78, 5) is 0. The lowest BCUT2D eigenvalue weighted by molar-refractivity contribution is -0.411. The molecule has 25 atom stereocenters. The highest BCUT2D eigenvalue weighted by molar-refractivity contribution is 4.99. The van der Waals surface area contributed by atoms with Crippen molar-refractivity contribution in [1.29, 1.82) is 0 Å². The second-order valence-corrected chi connectivity index (χ2v) is 13.9. The zero-order valence-corrected chi connectivity index (χ0v) is 29.2. The Morgan fingerprint density at radius 3 is 1.07 bits per heavy atom. The lowest BCUT2D eigenvalue weighted by Gasteiger charge is -2.50. The van der Waals surface area contributed by atoms with Crippen LogP contribution in [0.4, 0.5) is 0 Å². The first-order valence-corrected chi connectivity index (χ1v) is 17.6. The number of ether oxygens (including phenoxy) is 9. The van der Waals surface area contributed by atoms with Crippen LogP contribution in [0.1, 0.15) is 0 Å². The molecule has 0 spiro atoms. The van der Waals surface area contributed by atoms with Crippen molar-refractivity contribution in [3.63, 3.8) is 0 Å². The third-order valence-corrected chi connectivity index (χ3v) is 10.3. The van der Waals surface area contributed by atoms with Crippen LogP contribution >= 0.6 is 0 Å². The monoisotopic (exact) mass is 828 g/mol. The zero-order chi connectivity index (χ0) is 41.3. The van der Waals surface area contributed by atoms with E-state index in [-0.39, 0.29) is 0 Å². The van der Waals surface area contributed by atoms with Gasteiger partial charge >= 0.3 is 0 Å². The van der Waals surface area contributed by atoms with Crippen molar-refractivity contribution in [2.24, 2.45) is 0 Å². The van der Waals surface area contributed by atoms with Gasteiger partial charge in [0.2, 0.25) is 0 Å². The first-order valence-electron chi connectivity index (χ1n) is 17.6. The highest BCUT2D eigenvalue weighted by atomic mass is 16.8. The largest absolute Gasteiger partial charge is 0.394 e. The molecule has 5 aliphatic rings. The van der Waals surface area contributed by atoms with Crippen LogP contribution in [0.25, 0.3) is 0 Å². The van der Waals surface area contributed by atoms with Crippen molar-refractivity contribution in [1.82, 2.24) is 0 Å². The van der Waals surface area contributed by atoms with Gasteiger partial charge in [0.15, 0.2) is 31.5 Å². The van der Waals surface area contributed by atoms with Crippen LogP contribution in [0, 0.1) is 0 Å². The number of hydrogen-bond donors (Lipinski definition) is 17. The molecule has 0 saturated carbocycles. The first-order chi connectivity index (χ1) is 26.5. The average molecular weight is 829 g/mol. The Morgan fingerprint density at radius 1 is 0.268 bits per heavy atom. The van der Waals surface area contributed by atoms with Crippen LogP contribution in [0.3, 0.4) is 0 Å². The minimum Gasteiger partial charge on any atom is -0.394 e. The Balaban J connectivity index is 1.50. The predicted octanol–water partition coefficient (Wildman–Crippen LogP) is -11.9. The number of aliphatic hydroxyl groups is 17. The summed E-state index contributed by atoms with van der Waals surface area (Å²) < 4.78 is 50.2. The van der Waals surface area contributed by atoms with E-state index in [0.717, 1.165) is 0 Å². The summed E-state index contributed by atoms with van der Waals surface area (Å²) in [6.07, 6.45) is -48.2. The van der Waals surface area contributed by atoms with Gasteiger partial charge < -0.3 is 129 Å². The Kier molecular flexibility index (Phi) is 16.1. The highest BCUT2D eigenvalue weighted by Gasteiger charge is 2.57. The lowest BCUT2D eigenvalue weighted by Crippen LogP contribution is -2.69. The van der Waals surface area contributed by atoms with E-state index in [9.17, 15) is 86.8 Å². The van der Waals surface area contributed by atoms with Crippen LogP contribution in [-0.2, 0) is 42.6 Å². The SMILES string of the molecule is OC[C@H]1O[C@@H](O[C@H]2[C@H](O)[C@@H](O[C@H]3O[C@H](CO)[C@H](O)[C@H](O)[C@H]3O[C@H]3O[C@H](CO)[C@H](O)[C@H](O)[C@H]3O)[C@@H](O[C@@H]3[C@@H](O)[C@H](O)O[C@H](CO)[C@H]3O)O[C@@H]2CO)[C@H](O)[C@@H](O)[C@H]1O.